The molecule has 2 heterocycles. The lowest BCUT2D eigenvalue weighted by Crippen LogP contribution is -2.06. The molecule has 2 aromatic heterocycles. The molecule has 10 heteroatoms. The molecule has 0 bridgehead atoms. The van der Waals surface area contributed by atoms with Gasteiger partial charge in [0, 0.05) is 23.0 Å². The maximum Gasteiger partial charge on any atom is 0.229 e. The van der Waals surface area contributed by atoms with Gasteiger partial charge in [0.1, 0.15) is 11.6 Å². The van der Waals surface area contributed by atoms with Gasteiger partial charge in [-0.05, 0) is 51.0 Å². The van der Waals surface area contributed by atoms with Crippen molar-refractivity contribution in [1.29, 1.82) is 0 Å². The molecule has 30 heavy (non-hydrogen) atoms. The summed E-state index contributed by atoms with van der Waals surface area (Å²) in [5, 5.41) is 26.6. The van der Waals surface area contributed by atoms with Crippen LogP contribution in [-0.2, 0) is 4.84 Å². The number of aromatic nitrogens is 4. The second kappa shape index (κ2) is 9.55. The SMILES string of the molecule is C/C(=N\OCCO)c1cc(C)c(Nc2ncc(Cl)c(Nc3cc(C)[nH]n3)n2)cc1C. The molecular formula is C20H24ClN7O2. The van der Waals surface area contributed by atoms with E-state index < -0.39 is 0 Å². The number of aliphatic hydroxyl groups is 1. The first-order chi connectivity index (χ1) is 14.4. The second-order valence-electron chi connectivity index (χ2n) is 6.79. The van der Waals surface area contributed by atoms with E-state index in [0.29, 0.717) is 22.6 Å². The van der Waals surface area contributed by atoms with E-state index in [1.165, 1.54) is 6.20 Å². The maximum absolute atomic E-state index is 8.81. The number of benzene rings is 1. The summed E-state index contributed by atoms with van der Waals surface area (Å²) in [6.07, 6.45) is 1.53. The van der Waals surface area contributed by atoms with Gasteiger partial charge >= 0.3 is 0 Å². The van der Waals surface area contributed by atoms with Crippen molar-refractivity contribution in [2.24, 2.45) is 5.16 Å². The topological polar surface area (TPSA) is 120 Å². The first-order valence-electron chi connectivity index (χ1n) is 9.35. The number of aromatic amines is 1. The third kappa shape index (κ3) is 5.25. The zero-order chi connectivity index (χ0) is 21.7. The van der Waals surface area contributed by atoms with Crippen LogP contribution in [0.5, 0.6) is 0 Å². The molecule has 0 aliphatic rings. The largest absolute Gasteiger partial charge is 0.393 e. The summed E-state index contributed by atoms with van der Waals surface area (Å²) in [4.78, 5) is 13.8. The lowest BCUT2D eigenvalue weighted by atomic mass is 10.0. The van der Waals surface area contributed by atoms with Crippen LogP contribution in [0.4, 0.5) is 23.3 Å². The van der Waals surface area contributed by atoms with Gasteiger partial charge < -0.3 is 20.6 Å². The number of rotatable bonds is 8. The molecule has 0 saturated carbocycles. The van der Waals surface area contributed by atoms with E-state index in [2.05, 4.69) is 36.0 Å². The van der Waals surface area contributed by atoms with E-state index in [0.717, 1.165) is 33.8 Å². The Labute approximate surface area is 179 Å². The summed E-state index contributed by atoms with van der Waals surface area (Å²) >= 11 is 6.23. The normalized spacial score (nSPS) is 11.5. The lowest BCUT2D eigenvalue weighted by Gasteiger charge is -2.14. The van der Waals surface area contributed by atoms with E-state index >= 15 is 0 Å². The quantitative estimate of drug-likeness (QED) is 0.242. The molecule has 0 amide bonds. The van der Waals surface area contributed by atoms with Gasteiger partial charge in [-0.25, -0.2) is 4.98 Å². The van der Waals surface area contributed by atoms with Crippen LogP contribution in [0.1, 0.15) is 29.3 Å². The van der Waals surface area contributed by atoms with Crippen molar-refractivity contribution < 1.29 is 9.94 Å². The molecule has 3 rings (SSSR count). The maximum atomic E-state index is 8.81. The van der Waals surface area contributed by atoms with Gasteiger partial charge in [-0.1, -0.05) is 16.8 Å². The summed E-state index contributed by atoms with van der Waals surface area (Å²) < 4.78 is 0. The molecule has 4 N–H and O–H groups in total. The zero-order valence-corrected chi connectivity index (χ0v) is 18.0. The van der Waals surface area contributed by atoms with Crippen molar-refractivity contribution >= 4 is 40.6 Å². The van der Waals surface area contributed by atoms with Crippen molar-refractivity contribution in [2.45, 2.75) is 27.7 Å². The zero-order valence-electron chi connectivity index (χ0n) is 17.2. The number of nitrogens with zero attached hydrogens (tertiary/aromatic N) is 4. The van der Waals surface area contributed by atoms with Crippen LogP contribution in [0.3, 0.4) is 0 Å². The van der Waals surface area contributed by atoms with E-state index in [9.17, 15) is 0 Å². The predicted octanol–water partition coefficient (Wildman–Crippen LogP) is 4.00. The van der Waals surface area contributed by atoms with E-state index in [4.69, 9.17) is 21.5 Å². The fourth-order valence-corrected chi connectivity index (χ4v) is 2.95. The number of anilines is 4. The molecule has 0 saturated heterocycles. The molecule has 0 radical (unpaired) electrons. The number of hydrogen-bond acceptors (Lipinski definition) is 8. The Kier molecular flexibility index (Phi) is 6.86. The number of H-pyrrole nitrogens is 1. The monoisotopic (exact) mass is 429 g/mol. The highest BCUT2D eigenvalue weighted by Gasteiger charge is 2.11. The second-order valence-corrected chi connectivity index (χ2v) is 7.20. The molecule has 158 valence electrons. The van der Waals surface area contributed by atoms with E-state index in [-0.39, 0.29) is 13.2 Å². The number of aryl methyl sites for hydroxylation is 3. The molecule has 0 fully saturated rings. The minimum Gasteiger partial charge on any atom is -0.393 e. The number of halogens is 1. The molecule has 0 unspecified atom stereocenters. The molecule has 0 spiro atoms. The third-order valence-electron chi connectivity index (χ3n) is 4.29. The molecule has 1 aromatic carbocycles. The minimum atomic E-state index is -0.0741. The standard InChI is InChI=1S/C20H24ClN7O2/c1-11-8-17(12(2)7-15(11)14(4)28-30-6-5-29)23-20-22-10-16(21)19(25-20)24-18-9-13(3)26-27-18/h7-10,29H,5-6H2,1-4H3,(H3,22,23,24,25,26,27)/b28-14+. The number of nitrogens with one attached hydrogen (secondary N) is 3. The van der Waals surface area contributed by atoms with E-state index in [1.807, 2.05) is 45.9 Å². The van der Waals surface area contributed by atoms with Crippen molar-refractivity contribution in [3.8, 4) is 0 Å². The highest BCUT2D eigenvalue weighted by atomic mass is 35.5. The van der Waals surface area contributed by atoms with Crippen molar-refractivity contribution in [3.63, 3.8) is 0 Å². The highest BCUT2D eigenvalue weighted by Crippen LogP contribution is 2.27. The van der Waals surface area contributed by atoms with Crippen LogP contribution in [0.2, 0.25) is 5.02 Å². The Morgan fingerprint density at radius 2 is 2.00 bits per heavy atom. The summed E-state index contributed by atoms with van der Waals surface area (Å²) in [5.74, 6) is 1.48. The fourth-order valence-electron chi connectivity index (χ4n) is 2.81. The van der Waals surface area contributed by atoms with Crippen LogP contribution in [0.15, 0.2) is 29.6 Å². The van der Waals surface area contributed by atoms with Crippen LogP contribution in [-0.4, -0.2) is 44.2 Å². The first-order valence-corrected chi connectivity index (χ1v) is 9.72. The summed E-state index contributed by atoms with van der Waals surface area (Å²) in [6, 6.07) is 5.87. The van der Waals surface area contributed by atoms with Crippen molar-refractivity contribution in [2.75, 3.05) is 23.8 Å². The molecule has 3 aromatic rings. The lowest BCUT2D eigenvalue weighted by molar-refractivity contribution is 0.0986. The Morgan fingerprint density at radius 1 is 1.20 bits per heavy atom. The van der Waals surface area contributed by atoms with Gasteiger partial charge in [0.25, 0.3) is 0 Å². The highest BCUT2D eigenvalue weighted by molar-refractivity contribution is 6.32. The van der Waals surface area contributed by atoms with Crippen molar-refractivity contribution in [3.05, 3.63) is 51.8 Å². The van der Waals surface area contributed by atoms with Crippen LogP contribution >= 0.6 is 11.6 Å². The average Bonchev–Trinajstić information content (AvgIpc) is 3.11. The number of hydrogen-bond donors (Lipinski definition) is 4. The van der Waals surface area contributed by atoms with Gasteiger partial charge in [0.05, 0.1) is 18.5 Å². The summed E-state index contributed by atoms with van der Waals surface area (Å²) in [7, 11) is 0. The molecule has 9 nitrogen and oxygen atoms in total. The van der Waals surface area contributed by atoms with Gasteiger partial charge in [0.2, 0.25) is 5.95 Å². The van der Waals surface area contributed by atoms with E-state index in [1.54, 1.807) is 0 Å². The molecular weight excluding hydrogens is 406 g/mol. The third-order valence-corrected chi connectivity index (χ3v) is 4.56. The Bertz CT molecular complexity index is 1070. The first kappa shape index (κ1) is 21.5. The van der Waals surface area contributed by atoms with Gasteiger partial charge in [-0.3, -0.25) is 5.10 Å². The van der Waals surface area contributed by atoms with Crippen LogP contribution in [0.25, 0.3) is 0 Å². The van der Waals surface area contributed by atoms with Gasteiger partial charge in [0.15, 0.2) is 11.6 Å². The van der Waals surface area contributed by atoms with Crippen LogP contribution in [0, 0.1) is 20.8 Å². The number of aliphatic hydroxyl groups excluding tert-OH is 1. The van der Waals surface area contributed by atoms with Crippen LogP contribution < -0.4 is 10.6 Å². The molecule has 0 aliphatic carbocycles. The Morgan fingerprint density at radius 3 is 2.70 bits per heavy atom. The molecule has 0 atom stereocenters. The summed E-state index contributed by atoms with van der Waals surface area (Å²) in [5.41, 5.74) is 5.49. The van der Waals surface area contributed by atoms with Gasteiger partial charge in [-0.2, -0.15) is 10.1 Å². The predicted molar refractivity (Wildman–Crippen MR) is 118 cm³/mol. The fraction of sp³-hybridized carbons (Fsp3) is 0.300. The Hall–Kier alpha value is -3.17. The summed E-state index contributed by atoms with van der Waals surface area (Å²) in [6.45, 7) is 7.83. The van der Waals surface area contributed by atoms with Gasteiger partial charge in [-0.15, -0.1) is 0 Å². The minimum absolute atomic E-state index is 0.0741. The van der Waals surface area contributed by atoms with Crippen molar-refractivity contribution in [1.82, 2.24) is 20.2 Å². The molecule has 0 aliphatic heterocycles. The average molecular weight is 430 g/mol. The smallest absolute Gasteiger partial charge is 0.229 e. The number of oxime groups is 1. The Balaban J connectivity index is 1.81.